The summed E-state index contributed by atoms with van der Waals surface area (Å²) >= 11 is 0. The van der Waals surface area contributed by atoms with Gasteiger partial charge < -0.3 is 10.8 Å². The summed E-state index contributed by atoms with van der Waals surface area (Å²) in [6, 6.07) is 1.84. The summed E-state index contributed by atoms with van der Waals surface area (Å²) < 4.78 is 0. The third-order valence-corrected chi connectivity index (χ3v) is 4.48. The Kier molecular flexibility index (Phi) is 3.63. The van der Waals surface area contributed by atoms with Crippen molar-refractivity contribution in [3.63, 3.8) is 0 Å². The minimum atomic E-state index is -0.890. The molecule has 1 aromatic heterocycles. The first-order valence-corrected chi connectivity index (χ1v) is 6.85. The van der Waals surface area contributed by atoms with E-state index in [1.807, 2.05) is 19.9 Å². The molecule has 1 aliphatic rings. The van der Waals surface area contributed by atoms with Crippen LogP contribution in [0.4, 0.5) is 0 Å². The molecule has 4 nitrogen and oxygen atoms in total. The van der Waals surface area contributed by atoms with E-state index in [4.69, 9.17) is 5.73 Å². The number of rotatable bonds is 3. The van der Waals surface area contributed by atoms with Crippen LogP contribution in [-0.2, 0) is 5.41 Å². The second kappa shape index (κ2) is 4.93. The van der Waals surface area contributed by atoms with E-state index in [1.54, 1.807) is 6.20 Å². The second-order valence-corrected chi connectivity index (χ2v) is 5.99. The van der Waals surface area contributed by atoms with Crippen molar-refractivity contribution >= 4 is 5.91 Å². The molecule has 0 radical (unpaired) electrons. The fraction of sp³-hybridized carbons (Fsp3) is 0.600. The highest BCUT2D eigenvalue weighted by Crippen LogP contribution is 2.47. The average molecular weight is 262 g/mol. The zero-order valence-corrected chi connectivity index (χ0v) is 11.6. The third kappa shape index (κ3) is 2.37. The molecule has 0 aliphatic heterocycles. The highest BCUT2D eigenvalue weighted by Gasteiger charge is 2.47. The van der Waals surface area contributed by atoms with E-state index >= 15 is 0 Å². The fourth-order valence-electron chi connectivity index (χ4n) is 3.37. The molecule has 1 heterocycles. The fourth-order valence-corrected chi connectivity index (χ4v) is 3.37. The van der Waals surface area contributed by atoms with Crippen LogP contribution in [0.1, 0.15) is 61.9 Å². The topological polar surface area (TPSA) is 76.2 Å². The lowest BCUT2D eigenvalue weighted by molar-refractivity contribution is -0.0265. The molecule has 1 saturated carbocycles. The summed E-state index contributed by atoms with van der Waals surface area (Å²) in [6.45, 7) is 3.65. The summed E-state index contributed by atoms with van der Waals surface area (Å²) in [4.78, 5) is 15.6. The first-order valence-electron chi connectivity index (χ1n) is 6.85. The van der Waals surface area contributed by atoms with Crippen molar-refractivity contribution < 1.29 is 9.90 Å². The van der Waals surface area contributed by atoms with Gasteiger partial charge in [0, 0.05) is 17.8 Å². The molecule has 4 heteroatoms. The van der Waals surface area contributed by atoms with E-state index < -0.39 is 16.9 Å². The van der Waals surface area contributed by atoms with Gasteiger partial charge in [-0.1, -0.05) is 19.3 Å². The first-order chi connectivity index (χ1) is 8.88. The third-order valence-electron chi connectivity index (χ3n) is 4.48. The van der Waals surface area contributed by atoms with E-state index in [-0.39, 0.29) is 0 Å². The van der Waals surface area contributed by atoms with E-state index in [0.717, 1.165) is 31.2 Å². The molecule has 0 bridgehead atoms. The van der Waals surface area contributed by atoms with Crippen LogP contribution in [0.3, 0.4) is 0 Å². The molecular weight excluding hydrogens is 240 g/mol. The van der Waals surface area contributed by atoms with Gasteiger partial charge in [-0.25, -0.2) is 0 Å². The minimum Gasteiger partial charge on any atom is -0.390 e. The van der Waals surface area contributed by atoms with Crippen LogP contribution in [-0.4, -0.2) is 21.6 Å². The molecule has 0 atom stereocenters. The number of hydrogen-bond donors (Lipinski definition) is 2. The summed E-state index contributed by atoms with van der Waals surface area (Å²) in [5, 5.41) is 10.7. The van der Waals surface area contributed by atoms with Crippen molar-refractivity contribution in [1.29, 1.82) is 0 Å². The molecule has 0 aromatic carbocycles. The van der Waals surface area contributed by atoms with E-state index in [9.17, 15) is 9.90 Å². The Bertz CT molecular complexity index is 471. The van der Waals surface area contributed by atoms with Gasteiger partial charge in [-0.3, -0.25) is 9.78 Å². The van der Waals surface area contributed by atoms with Crippen molar-refractivity contribution in [2.24, 2.45) is 5.73 Å². The Labute approximate surface area is 114 Å². The smallest absolute Gasteiger partial charge is 0.250 e. The largest absolute Gasteiger partial charge is 0.390 e. The number of carbonyl (C=O) groups excluding carboxylic acids is 1. The molecule has 0 spiro atoms. The van der Waals surface area contributed by atoms with Crippen LogP contribution >= 0.6 is 0 Å². The van der Waals surface area contributed by atoms with Gasteiger partial charge in [0.1, 0.15) is 0 Å². The average Bonchev–Trinajstić information content (AvgIpc) is 2.38. The Morgan fingerprint density at radius 3 is 2.53 bits per heavy atom. The lowest BCUT2D eigenvalue weighted by atomic mass is 9.60. The number of carbonyl (C=O) groups is 1. The zero-order valence-electron chi connectivity index (χ0n) is 11.6. The van der Waals surface area contributed by atoms with Crippen molar-refractivity contribution in [2.75, 3.05) is 0 Å². The van der Waals surface area contributed by atoms with Crippen molar-refractivity contribution in [1.82, 2.24) is 4.98 Å². The predicted molar refractivity (Wildman–Crippen MR) is 73.8 cm³/mol. The Morgan fingerprint density at radius 2 is 2.00 bits per heavy atom. The molecule has 0 saturated heterocycles. The maximum Gasteiger partial charge on any atom is 0.250 e. The highest BCUT2D eigenvalue weighted by molar-refractivity contribution is 5.94. The van der Waals surface area contributed by atoms with Gasteiger partial charge >= 0.3 is 0 Å². The number of hydrogen-bond acceptors (Lipinski definition) is 3. The molecule has 19 heavy (non-hydrogen) atoms. The highest BCUT2D eigenvalue weighted by atomic mass is 16.3. The molecule has 2 rings (SSSR count). The van der Waals surface area contributed by atoms with Gasteiger partial charge in [0.2, 0.25) is 0 Å². The molecule has 0 unspecified atom stereocenters. The van der Waals surface area contributed by atoms with Gasteiger partial charge in [0.15, 0.2) is 0 Å². The van der Waals surface area contributed by atoms with Crippen molar-refractivity contribution in [3.8, 4) is 0 Å². The number of pyridine rings is 1. The SMILES string of the molecule is CC(C)(O)C1(c2ccncc2C(N)=O)CCCCC1. The molecule has 1 aliphatic carbocycles. The van der Waals surface area contributed by atoms with Gasteiger partial charge in [-0.05, 0) is 38.3 Å². The number of amides is 1. The monoisotopic (exact) mass is 262 g/mol. The number of aromatic nitrogens is 1. The van der Waals surface area contributed by atoms with E-state index in [1.165, 1.54) is 12.6 Å². The maximum absolute atomic E-state index is 11.6. The van der Waals surface area contributed by atoms with Crippen LogP contribution in [0.15, 0.2) is 18.5 Å². The summed E-state index contributed by atoms with van der Waals surface area (Å²) in [5.74, 6) is -0.475. The van der Waals surface area contributed by atoms with Crippen LogP contribution in [0.25, 0.3) is 0 Å². The van der Waals surface area contributed by atoms with Gasteiger partial charge in [-0.15, -0.1) is 0 Å². The second-order valence-electron chi connectivity index (χ2n) is 5.99. The summed E-state index contributed by atoms with van der Waals surface area (Å²) in [5.41, 5.74) is 5.45. The maximum atomic E-state index is 11.6. The van der Waals surface area contributed by atoms with Crippen LogP contribution < -0.4 is 5.73 Å². The minimum absolute atomic E-state index is 0.404. The standard InChI is InChI=1S/C15H22N2O2/c1-14(2,19)15(7-4-3-5-8-15)12-6-9-17-10-11(12)13(16)18/h6,9-10,19H,3-5,7-8H2,1-2H3,(H2,16,18). The van der Waals surface area contributed by atoms with Crippen LogP contribution in [0, 0.1) is 0 Å². The van der Waals surface area contributed by atoms with Gasteiger partial charge in [0.25, 0.3) is 5.91 Å². The van der Waals surface area contributed by atoms with Crippen molar-refractivity contribution in [3.05, 3.63) is 29.6 Å². The predicted octanol–water partition coefficient (Wildman–Crippen LogP) is 2.15. The van der Waals surface area contributed by atoms with Crippen LogP contribution in [0.5, 0.6) is 0 Å². The Balaban J connectivity index is 2.59. The molecule has 3 N–H and O–H groups in total. The summed E-state index contributed by atoms with van der Waals surface area (Å²) in [6.07, 6.45) is 8.23. The molecule has 104 valence electrons. The quantitative estimate of drug-likeness (QED) is 0.876. The lowest BCUT2D eigenvalue weighted by Gasteiger charge is -2.47. The first kappa shape index (κ1) is 14.0. The number of nitrogens with two attached hydrogens (primary N) is 1. The molecule has 1 fully saturated rings. The lowest BCUT2D eigenvalue weighted by Crippen LogP contribution is -2.49. The number of primary amides is 1. The normalized spacial score (nSPS) is 19.1. The summed E-state index contributed by atoms with van der Waals surface area (Å²) in [7, 11) is 0. The van der Waals surface area contributed by atoms with Crippen molar-refractivity contribution in [2.45, 2.75) is 57.0 Å². The zero-order chi connectivity index (χ0) is 14.1. The molecule has 1 aromatic rings. The molecule has 1 amide bonds. The van der Waals surface area contributed by atoms with E-state index in [2.05, 4.69) is 4.98 Å². The van der Waals surface area contributed by atoms with Gasteiger partial charge in [0.05, 0.1) is 11.2 Å². The Hall–Kier alpha value is -1.42. The van der Waals surface area contributed by atoms with Crippen LogP contribution in [0.2, 0.25) is 0 Å². The number of aliphatic hydroxyl groups is 1. The van der Waals surface area contributed by atoms with Gasteiger partial charge in [-0.2, -0.15) is 0 Å². The van der Waals surface area contributed by atoms with E-state index in [0.29, 0.717) is 5.56 Å². The number of nitrogens with zero attached hydrogens (tertiary/aromatic N) is 1. The Morgan fingerprint density at radius 1 is 1.37 bits per heavy atom. The molecular formula is C15H22N2O2.